The fourth-order valence-electron chi connectivity index (χ4n) is 4.09. The predicted octanol–water partition coefficient (Wildman–Crippen LogP) is 4.42. The normalized spacial score (nSPS) is 20.0. The molecular weight excluding hydrogens is 456 g/mol. The number of hydrogen-bond acceptors (Lipinski definition) is 4. The molecule has 1 aliphatic heterocycles. The van der Waals surface area contributed by atoms with Crippen LogP contribution in [-0.4, -0.2) is 48.4 Å². The summed E-state index contributed by atoms with van der Waals surface area (Å²) in [5.74, 6) is -1.05. The first-order valence-electron chi connectivity index (χ1n) is 11.1. The molecule has 4 rings (SSSR count). The van der Waals surface area contributed by atoms with E-state index in [2.05, 4.69) is 10.1 Å². The summed E-state index contributed by atoms with van der Waals surface area (Å²) in [7, 11) is 0. The lowest BCUT2D eigenvalue weighted by Crippen LogP contribution is -2.44. The monoisotopic (exact) mass is 482 g/mol. The maximum atomic E-state index is 13.9. The lowest BCUT2D eigenvalue weighted by Gasteiger charge is -2.23. The van der Waals surface area contributed by atoms with Crippen LogP contribution in [0.1, 0.15) is 36.3 Å². The van der Waals surface area contributed by atoms with E-state index in [4.69, 9.17) is 4.74 Å². The summed E-state index contributed by atoms with van der Waals surface area (Å²) >= 11 is 0. The van der Waals surface area contributed by atoms with Gasteiger partial charge in [-0.1, -0.05) is 12.1 Å². The maximum absolute atomic E-state index is 13.9. The second-order valence-electron chi connectivity index (χ2n) is 8.65. The molecule has 2 aromatic rings. The molecule has 0 radical (unpaired) electrons. The summed E-state index contributed by atoms with van der Waals surface area (Å²) in [6, 6.07) is 6.87. The van der Waals surface area contributed by atoms with Crippen molar-refractivity contribution in [2.45, 2.75) is 44.4 Å². The number of urea groups is 1. The first-order valence-corrected chi connectivity index (χ1v) is 11.1. The number of hydrogen-bond donors (Lipinski definition) is 2. The number of rotatable bonds is 9. The number of aliphatic hydroxyl groups excluding tert-OH is 1. The zero-order chi connectivity index (χ0) is 24.2. The molecule has 0 bridgehead atoms. The average Bonchev–Trinajstić information content (AvgIpc) is 3.53. The van der Waals surface area contributed by atoms with Gasteiger partial charge in [-0.2, -0.15) is 8.78 Å². The lowest BCUT2D eigenvalue weighted by atomic mass is 9.96. The smallest absolute Gasteiger partial charge is 0.387 e. The Kier molecular flexibility index (Phi) is 7.45. The first-order chi connectivity index (χ1) is 16.3. The Bertz CT molecular complexity index is 1020. The van der Waals surface area contributed by atoms with Gasteiger partial charge < -0.3 is 24.8 Å². The summed E-state index contributed by atoms with van der Waals surface area (Å²) in [6.07, 6.45) is 2.53. The van der Waals surface area contributed by atoms with Gasteiger partial charge in [0.15, 0.2) is 11.5 Å². The van der Waals surface area contributed by atoms with Gasteiger partial charge in [-0.3, -0.25) is 0 Å². The summed E-state index contributed by atoms with van der Waals surface area (Å²) in [5, 5.41) is 12.4. The van der Waals surface area contributed by atoms with E-state index in [1.807, 2.05) is 0 Å². The molecule has 2 unspecified atom stereocenters. The number of carbonyl (C=O) groups excluding carboxylic acids is 1. The molecule has 0 aromatic heterocycles. The van der Waals surface area contributed by atoms with Crippen LogP contribution in [0, 0.1) is 17.6 Å². The highest BCUT2D eigenvalue weighted by molar-refractivity contribution is 5.75. The third-order valence-electron chi connectivity index (χ3n) is 6.16. The van der Waals surface area contributed by atoms with Crippen molar-refractivity contribution < 1.29 is 36.9 Å². The van der Waals surface area contributed by atoms with E-state index < -0.39 is 30.3 Å². The Hall–Kier alpha value is -3.01. The van der Waals surface area contributed by atoms with Gasteiger partial charge in [0.2, 0.25) is 0 Å². The van der Waals surface area contributed by atoms with Crippen LogP contribution in [0.4, 0.5) is 22.4 Å². The van der Waals surface area contributed by atoms with Crippen molar-refractivity contribution in [3.63, 3.8) is 0 Å². The van der Waals surface area contributed by atoms with Crippen LogP contribution in [0.2, 0.25) is 0 Å². The van der Waals surface area contributed by atoms with E-state index in [1.165, 1.54) is 17.0 Å². The first kappa shape index (κ1) is 24.1. The molecule has 2 atom stereocenters. The summed E-state index contributed by atoms with van der Waals surface area (Å²) in [6.45, 7) is -2.71. The zero-order valence-corrected chi connectivity index (χ0v) is 18.4. The Labute approximate surface area is 194 Å². The van der Waals surface area contributed by atoms with Crippen LogP contribution in [0.15, 0.2) is 36.4 Å². The van der Waals surface area contributed by atoms with Crippen molar-refractivity contribution in [2.24, 2.45) is 5.92 Å². The van der Waals surface area contributed by atoms with Gasteiger partial charge in [0.1, 0.15) is 11.6 Å². The minimum Gasteiger partial charge on any atom is -0.489 e. The predicted molar refractivity (Wildman–Crippen MR) is 115 cm³/mol. The molecular formula is C24H26F4N2O4. The van der Waals surface area contributed by atoms with Crippen molar-refractivity contribution in [2.75, 3.05) is 19.8 Å². The van der Waals surface area contributed by atoms with Crippen LogP contribution in [0.5, 0.6) is 11.5 Å². The topological polar surface area (TPSA) is 71.0 Å². The molecule has 2 N–H and O–H groups in total. The largest absolute Gasteiger partial charge is 0.489 e. The van der Waals surface area contributed by atoms with Gasteiger partial charge >= 0.3 is 12.6 Å². The summed E-state index contributed by atoms with van der Waals surface area (Å²) in [4.78, 5) is 14.2. The molecule has 34 heavy (non-hydrogen) atoms. The third kappa shape index (κ3) is 5.91. The molecule has 1 saturated carbocycles. The number of ether oxygens (including phenoxy) is 2. The van der Waals surface area contributed by atoms with E-state index in [0.29, 0.717) is 18.9 Å². The van der Waals surface area contributed by atoms with Gasteiger partial charge in [-0.15, -0.1) is 0 Å². The van der Waals surface area contributed by atoms with E-state index in [9.17, 15) is 27.5 Å². The average molecular weight is 482 g/mol. The van der Waals surface area contributed by atoms with Crippen LogP contribution < -0.4 is 14.8 Å². The third-order valence-corrected chi connectivity index (χ3v) is 6.16. The minimum atomic E-state index is -2.98. The van der Waals surface area contributed by atoms with Crippen molar-refractivity contribution in [3.8, 4) is 11.5 Å². The van der Waals surface area contributed by atoms with Gasteiger partial charge in [-0.05, 0) is 48.9 Å². The molecule has 2 aromatic carbocycles. The van der Waals surface area contributed by atoms with Crippen LogP contribution in [-0.2, 0) is 6.54 Å². The molecule has 2 fully saturated rings. The second-order valence-corrected chi connectivity index (χ2v) is 8.65. The van der Waals surface area contributed by atoms with E-state index in [1.54, 1.807) is 12.1 Å². The molecule has 184 valence electrons. The fourth-order valence-corrected chi connectivity index (χ4v) is 4.09. The Balaban J connectivity index is 1.44. The SMILES string of the molecule is O=C(NCc1ccc(F)cc1F)N1CC(c2ccc(OC(F)F)c(OCC3CC3)c2)CC1CO. The summed E-state index contributed by atoms with van der Waals surface area (Å²) < 4.78 is 62.8. The van der Waals surface area contributed by atoms with Crippen molar-refractivity contribution in [1.82, 2.24) is 10.2 Å². The molecule has 0 spiro atoms. The number of nitrogens with one attached hydrogen (secondary N) is 1. The molecule has 1 saturated heterocycles. The number of nitrogens with zero attached hydrogens (tertiary/aromatic N) is 1. The van der Waals surface area contributed by atoms with Crippen molar-refractivity contribution in [3.05, 3.63) is 59.2 Å². The van der Waals surface area contributed by atoms with Crippen molar-refractivity contribution >= 4 is 6.03 Å². The highest BCUT2D eigenvalue weighted by Crippen LogP contribution is 2.38. The molecule has 10 heteroatoms. The standard InChI is InChI=1S/C24H26F4N2O4/c25-18-5-3-16(20(26)9-18)10-29-24(32)30-11-17(7-19(30)12-31)15-4-6-21(34-23(27)28)22(8-15)33-13-14-1-2-14/h3-6,8-9,14,17,19,23,31H,1-2,7,10-13H2,(H,29,32). The molecule has 1 aliphatic carbocycles. The van der Waals surface area contributed by atoms with Crippen LogP contribution in [0.25, 0.3) is 0 Å². The van der Waals surface area contributed by atoms with E-state index in [-0.39, 0.29) is 42.7 Å². The molecule has 1 heterocycles. The fraction of sp³-hybridized carbons (Fsp3) is 0.458. The van der Waals surface area contributed by atoms with Crippen molar-refractivity contribution in [1.29, 1.82) is 0 Å². The Morgan fingerprint density at radius 2 is 1.94 bits per heavy atom. The zero-order valence-electron chi connectivity index (χ0n) is 18.4. The second kappa shape index (κ2) is 10.5. The Morgan fingerprint density at radius 3 is 2.62 bits per heavy atom. The number of carbonyl (C=O) groups is 1. The van der Waals surface area contributed by atoms with Gasteiger partial charge in [0.25, 0.3) is 0 Å². The molecule has 2 amide bonds. The minimum absolute atomic E-state index is 0.0490. The number of benzene rings is 2. The van der Waals surface area contributed by atoms with E-state index >= 15 is 0 Å². The quantitative estimate of drug-likeness (QED) is 0.520. The number of halogens is 4. The van der Waals surface area contributed by atoms with Gasteiger partial charge in [-0.25, -0.2) is 13.6 Å². The van der Waals surface area contributed by atoms with Gasteiger partial charge in [0, 0.05) is 30.6 Å². The highest BCUT2D eigenvalue weighted by Gasteiger charge is 2.36. The number of aliphatic hydroxyl groups is 1. The summed E-state index contributed by atoms with van der Waals surface area (Å²) in [5.41, 5.74) is 0.906. The van der Waals surface area contributed by atoms with Crippen LogP contribution >= 0.6 is 0 Å². The molecule has 6 nitrogen and oxygen atoms in total. The molecule has 2 aliphatic rings. The van der Waals surface area contributed by atoms with Crippen LogP contribution in [0.3, 0.4) is 0 Å². The Morgan fingerprint density at radius 1 is 1.15 bits per heavy atom. The lowest BCUT2D eigenvalue weighted by molar-refractivity contribution is -0.0515. The van der Waals surface area contributed by atoms with E-state index in [0.717, 1.165) is 30.5 Å². The van der Waals surface area contributed by atoms with Gasteiger partial charge in [0.05, 0.1) is 19.3 Å². The highest BCUT2D eigenvalue weighted by atomic mass is 19.3. The number of amides is 2. The number of likely N-dealkylation sites (tertiary alicyclic amines) is 1. The number of alkyl halides is 2. The maximum Gasteiger partial charge on any atom is 0.387 e.